The summed E-state index contributed by atoms with van der Waals surface area (Å²) in [6.07, 6.45) is 1.46. The second-order valence-electron chi connectivity index (χ2n) is 4.77. The van der Waals surface area contributed by atoms with Crippen molar-refractivity contribution in [2.75, 3.05) is 0 Å². The summed E-state index contributed by atoms with van der Waals surface area (Å²) >= 11 is 0. The van der Waals surface area contributed by atoms with E-state index in [1.807, 2.05) is 0 Å². The van der Waals surface area contributed by atoms with E-state index in [4.69, 9.17) is 9.47 Å². The van der Waals surface area contributed by atoms with Gasteiger partial charge in [0.2, 0.25) is 0 Å². The molecule has 0 aromatic heterocycles. The average molecular weight is 286 g/mol. The van der Waals surface area contributed by atoms with Crippen molar-refractivity contribution in [2.24, 2.45) is 10.8 Å². The third-order valence-electron chi connectivity index (χ3n) is 4.42. The number of carbonyl (C=O) groups is 2. The van der Waals surface area contributed by atoms with E-state index in [0.29, 0.717) is 0 Å². The van der Waals surface area contributed by atoms with Crippen molar-refractivity contribution in [3.8, 4) is 0 Å². The first kappa shape index (κ1) is 12.0. The molecule has 3 fully saturated rings. The Balaban J connectivity index is 0.000000853. The Kier molecular flexibility index (Phi) is 2.64. The predicted octanol–water partition coefficient (Wildman–Crippen LogP) is -0.273. The van der Waals surface area contributed by atoms with Crippen LogP contribution in [0.4, 0.5) is 0 Å². The van der Waals surface area contributed by atoms with Crippen LogP contribution in [0.5, 0.6) is 0 Å². The van der Waals surface area contributed by atoms with Gasteiger partial charge in [-0.2, -0.15) is 0 Å². The number of carbonyl (C=O) groups excluding carboxylic acids is 2. The Morgan fingerprint density at radius 1 is 1.07 bits per heavy atom. The fourth-order valence-corrected chi connectivity index (χ4v) is 3.14. The third kappa shape index (κ3) is 1.06. The van der Waals surface area contributed by atoms with Crippen molar-refractivity contribution in [3.05, 3.63) is 0 Å². The molecule has 5 heteroatoms. The van der Waals surface area contributed by atoms with Crippen LogP contribution < -0.4 is 0 Å². The third-order valence-corrected chi connectivity index (χ3v) is 4.42. The van der Waals surface area contributed by atoms with Gasteiger partial charge < -0.3 is 9.47 Å². The summed E-state index contributed by atoms with van der Waals surface area (Å²) in [5, 5.41) is 0. The Labute approximate surface area is 125 Å². The summed E-state index contributed by atoms with van der Waals surface area (Å²) in [6, 6.07) is 0. The van der Waals surface area contributed by atoms with Crippen LogP contribution in [0.1, 0.15) is 26.7 Å². The number of hydrogen-bond acceptors (Lipinski definition) is 4. The zero-order chi connectivity index (χ0) is 10.1. The number of esters is 2. The van der Waals surface area contributed by atoms with E-state index in [9.17, 15) is 9.59 Å². The number of ether oxygens (including phenoxy) is 2. The van der Waals surface area contributed by atoms with Crippen molar-refractivity contribution < 1.29 is 19.1 Å². The van der Waals surface area contributed by atoms with Gasteiger partial charge in [0.1, 0.15) is 10.8 Å². The van der Waals surface area contributed by atoms with Gasteiger partial charge >= 0.3 is 57.4 Å². The molecule has 0 spiro atoms. The molecule has 0 aromatic carbocycles. The molecular weight excluding hydrogens is 272 g/mol. The molecule has 0 amide bonds. The van der Waals surface area contributed by atoms with Gasteiger partial charge in [0.25, 0.3) is 0 Å². The molecule has 0 aromatic rings. The van der Waals surface area contributed by atoms with Crippen LogP contribution in [-0.4, -0.2) is 69.6 Å². The molecule has 3 saturated heterocycles. The molecule has 0 saturated carbocycles. The molecule has 3 rings (SSSR count). The van der Waals surface area contributed by atoms with Crippen molar-refractivity contribution in [2.45, 2.75) is 38.9 Å². The van der Waals surface area contributed by atoms with Crippen LogP contribution >= 0.6 is 0 Å². The van der Waals surface area contributed by atoms with Gasteiger partial charge in [-0.25, -0.2) is 0 Å². The van der Waals surface area contributed by atoms with Crippen LogP contribution in [0.15, 0.2) is 0 Å². The van der Waals surface area contributed by atoms with Crippen LogP contribution in [0.25, 0.3) is 0 Å². The predicted molar refractivity (Wildman–Crippen MR) is 53.8 cm³/mol. The summed E-state index contributed by atoms with van der Waals surface area (Å²) in [4.78, 5) is 23.3. The fraction of sp³-hybridized carbons (Fsp3) is 0.800. The molecule has 80 valence electrons. The first-order chi connectivity index (χ1) is 6.51. The van der Waals surface area contributed by atoms with Gasteiger partial charge in [-0.1, -0.05) is 0 Å². The van der Waals surface area contributed by atoms with E-state index in [0.717, 1.165) is 12.8 Å². The first-order valence-electron chi connectivity index (χ1n) is 4.93. The monoisotopic (exact) mass is 286 g/mol. The van der Waals surface area contributed by atoms with E-state index >= 15 is 0 Å². The minimum atomic E-state index is -0.743. The SMILES string of the molecule is C[C@@]12C(=O)OC(=O)[C@]1(C)[C@H]1CC[C@@H]2O1.[SrH2]. The van der Waals surface area contributed by atoms with Gasteiger partial charge in [-0.05, 0) is 26.7 Å². The standard InChI is InChI=1S/C10H12O4.Sr.2H/c1-9-5-3-4-6(13-5)10(9,2)8(12)14-7(9)11;;;/h5-6H,3-4H2,1-2H3;;;/t5-,6+,9+,10-;;;. The van der Waals surface area contributed by atoms with E-state index in [-0.39, 0.29) is 57.7 Å². The van der Waals surface area contributed by atoms with Gasteiger partial charge in [-0.15, -0.1) is 0 Å². The van der Waals surface area contributed by atoms with Crippen molar-refractivity contribution in [1.29, 1.82) is 0 Å². The molecule has 0 N–H and O–H groups in total. The summed E-state index contributed by atoms with van der Waals surface area (Å²) in [6.45, 7) is 3.59. The molecule has 4 nitrogen and oxygen atoms in total. The number of cyclic esters (lactones) is 2. The molecule has 15 heavy (non-hydrogen) atoms. The number of hydrogen-bond donors (Lipinski definition) is 0. The molecule has 3 aliphatic rings. The van der Waals surface area contributed by atoms with Crippen LogP contribution in [0, 0.1) is 10.8 Å². The van der Waals surface area contributed by atoms with Crippen molar-refractivity contribution in [1.82, 2.24) is 0 Å². The van der Waals surface area contributed by atoms with E-state index in [1.165, 1.54) is 0 Å². The zero-order valence-corrected chi connectivity index (χ0v) is 8.20. The van der Waals surface area contributed by atoms with Gasteiger partial charge in [0.15, 0.2) is 0 Å². The molecule has 4 atom stereocenters. The van der Waals surface area contributed by atoms with E-state index in [2.05, 4.69) is 0 Å². The van der Waals surface area contributed by atoms with Crippen LogP contribution in [0.2, 0.25) is 0 Å². The molecule has 0 radical (unpaired) electrons. The number of rotatable bonds is 0. The van der Waals surface area contributed by atoms with Crippen molar-refractivity contribution in [3.63, 3.8) is 0 Å². The summed E-state index contributed by atoms with van der Waals surface area (Å²) in [7, 11) is 0. The summed E-state index contributed by atoms with van der Waals surface area (Å²) in [5.41, 5.74) is -1.49. The quantitative estimate of drug-likeness (QED) is 0.349. The van der Waals surface area contributed by atoms with Gasteiger partial charge in [0.05, 0.1) is 12.2 Å². The van der Waals surface area contributed by atoms with Crippen LogP contribution in [-0.2, 0) is 19.1 Å². The Morgan fingerprint density at radius 3 is 1.87 bits per heavy atom. The number of fused-ring (bicyclic) bond motifs is 5. The average Bonchev–Trinajstić information content (AvgIpc) is 2.73. The van der Waals surface area contributed by atoms with E-state index in [1.54, 1.807) is 13.8 Å². The molecule has 3 heterocycles. The molecule has 3 aliphatic heterocycles. The minimum absolute atomic E-state index is 0. The molecule has 0 aliphatic carbocycles. The summed E-state index contributed by atoms with van der Waals surface area (Å²) in [5.74, 6) is -0.811. The first-order valence-corrected chi connectivity index (χ1v) is 4.93. The van der Waals surface area contributed by atoms with Gasteiger partial charge in [0, 0.05) is 0 Å². The maximum absolute atomic E-state index is 11.7. The maximum atomic E-state index is 11.7. The molecule has 2 bridgehead atoms. The molecular formula is C10H14O4Sr. The molecule has 0 unspecified atom stereocenters. The normalized spacial score (nSPS) is 51.3. The van der Waals surface area contributed by atoms with Gasteiger partial charge in [-0.3, -0.25) is 9.59 Å². The van der Waals surface area contributed by atoms with Crippen LogP contribution in [0.3, 0.4) is 0 Å². The van der Waals surface area contributed by atoms with E-state index < -0.39 is 22.8 Å². The second-order valence-corrected chi connectivity index (χ2v) is 4.77. The Hall–Kier alpha value is 0.581. The van der Waals surface area contributed by atoms with Crippen molar-refractivity contribution >= 4 is 57.4 Å². The Bertz CT molecular complexity index is 323. The topological polar surface area (TPSA) is 52.6 Å². The zero-order valence-electron chi connectivity index (χ0n) is 8.20. The Morgan fingerprint density at radius 2 is 1.47 bits per heavy atom. The fourth-order valence-electron chi connectivity index (χ4n) is 3.14. The summed E-state index contributed by atoms with van der Waals surface area (Å²) < 4.78 is 10.4. The second kappa shape index (κ2) is 3.29.